The van der Waals surface area contributed by atoms with Gasteiger partial charge in [0, 0.05) is 0 Å². The van der Waals surface area contributed by atoms with Crippen LogP contribution < -0.4 is 0 Å². The Balaban J connectivity index is 5.14. The fourth-order valence-electron chi connectivity index (χ4n) is 2.86. The molecule has 0 bridgehead atoms. The van der Waals surface area contributed by atoms with E-state index in [1.165, 1.54) is 36.8 Å². The SMILES string of the molecule is C/C=C(\C)C(CC=C(C)C)C(C)(CC)CCC=C(C)C. The minimum absolute atomic E-state index is 0.397. The molecule has 0 saturated heterocycles. The molecule has 2 unspecified atom stereocenters. The molecule has 0 aliphatic rings. The Kier molecular flexibility index (Phi) is 8.85. The third kappa shape index (κ3) is 6.59. The topological polar surface area (TPSA) is 0 Å². The first-order valence-electron chi connectivity index (χ1n) is 8.16. The maximum atomic E-state index is 2.47. The van der Waals surface area contributed by atoms with E-state index < -0.39 is 0 Å². The highest BCUT2D eigenvalue weighted by Gasteiger charge is 2.31. The molecular formula is C20H36. The minimum atomic E-state index is 0.397. The van der Waals surface area contributed by atoms with Gasteiger partial charge in [-0.3, -0.25) is 0 Å². The van der Waals surface area contributed by atoms with Crippen LogP contribution in [0.4, 0.5) is 0 Å². The largest absolute Gasteiger partial charge is 0.0884 e. The van der Waals surface area contributed by atoms with Crippen LogP contribution >= 0.6 is 0 Å². The first-order chi connectivity index (χ1) is 9.26. The molecule has 0 aliphatic carbocycles. The predicted octanol–water partition coefficient (Wildman–Crippen LogP) is 7.09. The summed E-state index contributed by atoms with van der Waals surface area (Å²) < 4.78 is 0. The molecule has 0 amide bonds. The summed E-state index contributed by atoms with van der Waals surface area (Å²) in [4.78, 5) is 0. The molecule has 0 radical (unpaired) electrons. The van der Waals surface area contributed by atoms with Crippen LogP contribution in [0.2, 0.25) is 0 Å². The second kappa shape index (κ2) is 9.21. The van der Waals surface area contributed by atoms with Crippen molar-refractivity contribution in [3.05, 3.63) is 34.9 Å². The van der Waals surface area contributed by atoms with Crippen LogP contribution in [0.25, 0.3) is 0 Å². The van der Waals surface area contributed by atoms with E-state index in [4.69, 9.17) is 0 Å². The molecule has 0 aromatic carbocycles. The van der Waals surface area contributed by atoms with Gasteiger partial charge in [-0.1, -0.05) is 55.2 Å². The molecule has 0 heterocycles. The number of rotatable bonds is 8. The Hall–Kier alpha value is -0.780. The Bertz CT molecular complexity index is 359. The van der Waals surface area contributed by atoms with Crippen molar-refractivity contribution in [3.8, 4) is 0 Å². The van der Waals surface area contributed by atoms with Crippen LogP contribution in [0.1, 0.15) is 81.1 Å². The van der Waals surface area contributed by atoms with Gasteiger partial charge in [0.15, 0.2) is 0 Å². The molecule has 116 valence electrons. The van der Waals surface area contributed by atoms with Gasteiger partial charge in [-0.25, -0.2) is 0 Å². The average molecular weight is 277 g/mol. The molecule has 0 aromatic heterocycles. The van der Waals surface area contributed by atoms with E-state index in [0.717, 1.165) is 0 Å². The Labute approximate surface area is 128 Å². The molecular weight excluding hydrogens is 240 g/mol. The number of hydrogen-bond donors (Lipinski definition) is 0. The van der Waals surface area contributed by atoms with Crippen molar-refractivity contribution in [3.63, 3.8) is 0 Å². The van der Waals surface area contributed by atoms with Crippen molar-refractivity contribution >= 4 is 0 Å². The maximum Gasteiger partial charge on any atom is -0.0117 e. The lowest BCUT2D eigenvalue weighted by atomic mass is 9.67. The smallest absolute Gasteiger partial charge is 0.0117 e. The van der Waals surface area contributed by atoms with Gasteiger partial charge < -0.3 is 0 Å². The summed E-state index contributed by atoms with van der Waals surface area (Å²) in [6.45, 7) is 18.1. The summed E-state index contributed by atoms with van der Waals surface area (Å²) in [5.74, 6) is 0.665. The fraction of sp³-hybridized carbons (Fsp3) is 0.700. The van der Waals surface area contributed by atoms with E-state index >= 15 is 0 Å². The number of hydrogen-bond acceptors (Lipinski definition) is 0. The molecule has 20 heavy (non-hydrogen) atoms. The van der Waals surface area contributed by atoms with Crippen molar-refractivity contribution in [2.45, 2.75) is 81.1 Å². The van der Waals surface area contributed by atoms with Gasteiger partial charge >= 0.3 is 0 Å². The summed E-state index contributed by atoms with van der Waals surface area (Å²) in [5, 5.41) is 0. The molecule has 0 rings (SSSR count). The van der Waals surface area contributed by atoms with Crippen LogP contribution in [-0.4, -0.2) is 0 Å². The van der Waals surface area contributed by atoms with Gasteiger partial charge in [-0.05, 0) is 72.1 Å². The molecule has 0 heteroatoms. The van der Waals surface area contributed by atoms with E-state index in [2.05, 4.69) is 73.6 Å². The summed E-state index contributed by atoms with van der Waals surface area (Å²) >= 11 is 0. The molecule has 0 N–H and O–H groups in total. The monoisotopic (exact) mass is 276 g/mol. The van der Waals surface area contributed by atoms with Crippen LogP contribution in [0, 0.1) is 11.3 Å². The zero-order valence-corrected chi connectivity index (χ0v) is 15.1. The maximum absolute atomic E-state index is 2.47. The van der Waals surface area contributed by atoms with Crippen molar-refractivity contribution in [2.75, 3.05) is 0 Å². The van der Waals surface area contributed by atoms with Crippen molar-refractivity contribution in [1.29, 1.82) is 0 Å². The van der Waals surface area contributed by atoms with Crippen molar-refractivity contribution in [1.82, 2.24) is 0 Å². The first kappa shape index (κ1) is 19.2. The van der Waals surface area contributed by atoms with Crippen LogP contribution in [0.15, 0.2) is 34.9 Å². The summed E-state index contributed by atoms with van der Waals surface area (Å²) in [5.41, 5.74) is 4.81. The molecule has 2 atom stereocenters. The lowest BCUT2D eigenvalue weighted by Gasteiger charge is -2.38. The first-order valence-corrected chi connectivity index (χ1v) is 8.16. The standard InChI is InChI=1S/C20H36/c1-9-18(7)19(14-13-17(5)6)20(8,10-2)15-11-12-16(3)4/h9,12-13,19H,10-11,14-15H2,1-8H3/b18-9+. The van der Waals surface area contributed by atoms with E-state index in [-0.39, 0.29) is 0 Å². The van der Waals surface area contributed by atoms with Gasteiger partial charge in [0.05, 0.1) is 0 Å². The van der Waals surface area contributed by atoms with Gasteiger partial charge in [0.2, 0.25) is 0 Å². The van der Waals surface area contributed by atoms with E-state index in [0.29, 0.717) is 11.3 Å². The highest BCUT2D eigenvalue weighted by Crippen LogP contribution is 2.42. The minimum Gasteiger partial charge on any atom is -0.0884 e. The zero-order chi connectivity index (χ0) is 15.8. The third-order valence-electron chi connectivity index (χ3n) is 4.68. The molecule has 0 fully saturated rings. The highest BCUT2D eigenvalue weighted by atomic mass is 14.4. The van der Waals surface area contributed by atoms with Crippen molar-refractivity contribution < 1.29 is 0 Å². The Morgan fingerprint density at radius 2 is 1.55 bits per heavy atom. The van der Waals surface area contributed by atoms with Gasteiger partial charge in [0.1, 0.15) is 0 Å². The van der Waals surface area contributed by atoms with Gasteiger partial charge in [-0.15, -0.1) is 0 Å². The van der Waals surface area contributed by atoms with Crippen molar-refractivity contribution in [2.24, 2.45) is 11.3 Å². The molecule has 0 spiro atoms. The third-order valence-corrected chi connectivity index (χ3v) is 4.68. The zero-order valence-electron chi connectivity index (χ0n) is 15.1. The van der Waals surface area contributed by atoms with Gasteiger partial charge in [-0.2, -0.15) is 0 Å². The van der Waals surface area contributed by atoms with Crippen LogP contribution in [0.5, 0.6) is 0 Å². The normalized spacial score (nSPS) is 16.3. The Morgan fingerprint density at radius 1 is 1.00 bits per heavy atom. The van der Waals surface area contributed by atoms with E-state index in [1.807, 2.05) is 0 Å². The Morgan fingerprint density at radius 3 is 1.95 bits per heavy atom. The van der Waals surface area contributed by atoms with Crippen LogP contribution in [-0.2, 0) is 0 Å². The highest BCUT2D eigenvalue weighted by molar-refractivity contribution is 5.11. The predicted molar refractivity (Wildman–Crippen MR) is 94.0 cm³/mol. The lowest BCUT2D eigenvalue weighted by molar-refractivity contribution is 0.191. The fourth-order valence-corrected chi connectivity index (χ4v) is 2.86. The molecule has 0 nitrogen and oxygen atoms in total. The van der Waals surface area contributed by atoms with E-state index in [1.54, 1.807) is 5.57 Å². The lowest BCUT2D eigenvalue weighted by Crippen LogP contribution is -2.27. The average Bonchev–Trinajstić information content (AvgIpc) is 2.37. The summed E-state index contributed by atoms with van der Waals surface area (Å²) in [7, 11) is 0. The summed E-state index contributed by atoms with van der Waals surface area (Å²) in [6, 6.07) is 0. The number of allylic oxidation sites excluding steroid dienone is 6. The second-order valence-electron chi connectivity index (χ2n) is 6.93. The molecule has 0 saturated carbocycles. The molecule has 0 aromatic rings. The van der Waals surface area contributed by atoms with Crippen LogP contribution in [0.3, 0.4) is 0 Å². The summed E-state index contributed by atoms with van der Waals surface area (Å²) in [6.07, 6.45) is 12.0. The quantitative estimate of drug-likeness (QED) is 0.415. The molecule has 0 aliphatic heterocycles. The van der Waals surface area contributed by atoms with Gasteiger partial charge in [0.25, 0.3) is 0 Å². The van der Waals surface area contributed by atoms with E-state index in [9.17, 15) is 0 Å². The second-order valence-corrected chi connectivity index (χ2v) is 6.93.